The first-order valence-electron chi connectivity index (χ1n) is 8.46. The molecule has 0 saturated carbocycles. The number of hydrogen-bond donors (Lipinski definition) is 1. The lowest BCUT2D eigenvalue weighted by atomic mass is 10.2. The van der Waals surface area contributed by atoms with Gasteiger partial charge in [0.25, 0.3) is 0 Å². The highest BCUT2D eigenvalue weighted by Crippen LogP contribution is 2.34. The first-order chi connectivity index (χ1) is 13.2. The van der Waals surface area contributed by atoms with Gasteiger partial charge in [-0.25, -0.2) is 4.98 Å². The molecule has 0 fully saturated rings. The van der Waals surface area contributed by atoms with Crippen molar-refractivity contribution < 1.29 is 13.9 Å². The fourth-order valence-electron chi connectivity index (χ4n) is 2.99. The number of nitriles is 1. The molecular weight excluding hydrogens is 344 g/mol. The monoisotopic (exact) mass is 362 g/mol. The van der Waals surface area contributed by atoms with E-state index in [1.54, 1.807) is 26.4 Å². The van der Waals surface area contributed by atoms with E-state index in [9.17, 15) is 0 Å². The highest BCUT2D eigenvalue weighted by Gasteiger charge is 2.18. The number of aromatic nitrogens is 2. The highest BCUT2D eigenvalue weighted by molar-refractivity contribution is 5.86. The molecule has 136 valence electrons. The van der Waals surface area contributed by atoms with Gasteiger partial charge in [-0.1, -0.05) is 0 Å². The summed E-state index contributed by atoms with van der Waals surface area (Å²) < 4.78 is 18.3. The molecule has 3 heterocycles. The van der Waals surface area contributed by atoms with E-state index in [4.69, 9.17) is 24.1 Å². The van der Waals surface area contributed by atoms with Gasteiger partial charge in [-0.3, -0.25) is 4.40 Å². The largest absolute Gasteiger partial charge is 0.497 e. The fraction of sp³-hybridized carbons (Fsp3) is 0.200. The minimum Gasteiger partial charge on any atom is -0.497 e. The summed E-state index contributed by atoms with van der Waals surface area (Å²) in [6, 6.07) is 13.2. The van der Waals surface area contributed by atoms with Crippen LogP contribution in [0.15, 0.2) is 47.0 Å². The third-order valence-corrected chi connectivity index (χ3v) is 4.31. The van der Waals surface area contributed by atoms with Crippen LogP contribution in [0.2, 0.25) is 0 Å². The first kappa shape index (κ1) is 16.9. The van der Waals surface area contributed by atoms with Gasteiger partial charge in [0.15, 0.2) is 5.76 Å². The van der Waals surface area contributed by atoms with Crippen molar-refractivity contribution >= 4 is 22.4 Å². The molecule has 0 bridgehead atoms. The Balaban J connectivity index is 1.86. The average Bonchev–Trinajstić information content (AvgIpc) is 3.28. The summed E-state index contributed by atoms with van der Waals surface area (Å²) in [5.74, 6) is 2.19. The summed E-state index contributed by atoms with van der Waals surface area (Å²) in [7, 11) is 3.29. The number of nitrogens with one attached hydrogen (secondary N) is 1. The lowest BCUT2D eigenvalue weighted by molar-refractivity contribution is 0.210. The quantitative estimate of drug-likeness (QED) is 0.527. The second-order valence-electron chi connectivity index (χ2n) is 6.00. The molecule has 0 radical (unpaired) electrons. The van der Waals surface area contributed by atoms with Crippen molar-refractivity contribution in [2.45, 2.75) is 0 Å². The third kappa shape index (κ3) is 3.07. The topological polar surface area (TPSA) is 84.7 Å². The van der Waals surface area contributed by atoms with Gasteiger partial charge in [0.05, 0.1) is 25.3 Å². The van der Waals surface area contributed by atoms with E-state index in [-0.39, 0.29) is 0 Å². The Morgan fingerprint density at radius 3 is 2.89 bits per heavy atom. The number of ether oxygens (including phenoxy) is 2. The summed E-state index contributed by atoms with van der Waals surface area (Å²) in [5.41, 5.74) is 2.65. The Morgan fingerprint density at radius 2 is 2.11 bits per heavy atom. The van der Waals surface area contributed by atoms with Crippen LogP contribution >= 0.6 is 0 Å². The predicted octanol–water partition coefficient (Wildman–Crippen LogP) is 3.69. The highest BCUT2D eigenvalue weighted by atomic mass is 16.5. The SMILES string of the molecule is COCCNc1c(-c2cc3cc(OC)ccc3o2)nc2cc(C#N)ccn12. The molecule has 0 aliphatic rings. The minimum atomic E-state index is 0.553. The Hall–Kier alpha value is -3.50. The molecule has 4 aromatic rings. The maximum atomic E-state index is 9.16. The van der Waals surface area contributed by atoms with Crippen LogP contribution in [0.25, 0.3) is 28.1 Å². The van der Waals surface area contributed by atoms with Gasteiger partial charge in [-0.2, -0.15) is 5.26 Å². The molecule has 3 aromatic heterocycles. The Bertz CT molecular complexity index is 1150. The molecule has 4 rings (SSSR count). The maximum Gasteiger partial charge on any atom is 0.157 e. The van der Waals surface area contributed by atoms with E-state index in [2.05, 4.69) is 11.4 Å². The smallest absolute Gasteiger partial charge is 0.157 e. The molecule has 27 heavy (non-hydrogen) atoms. The molecule has 7 heteroatoms. The summed E-state index contributed by atoms with van der Waals surface area (Å²) in [5, 5.41) is 13.4. The maximum absolute atomic E-state index is 9.16. The van der Waals surface area contributed by atoms with Gasteiger partial charge in [0.1, 0.15) is 28.5 Å². The summed E-state index contributed by atoms with van der Waals surface area (Å²) in [6.07, 6.45) is 1.82. The number of pyridine rings is 1. The molecule has 0 saturated heterocycles. The third-order valence-electron chi connectivity index (χ3n) is 4.31. The van der Waals surface area contributed by atoms with Crippen LogP contribution in [0.1, 0.15) is 5.56 Å². The zero-order valence-electron chi connectivity index (χ0n) is 15.0. The number of benzene rings is 1. The van der Waals surface area contributed by atoms with Crippen LogP contribution in [0.4, 0.5) is 5.82 Å². The number of nitrogens with zero attached hydrogens (tertiary/aromatic N) is 3. The molecule has 0 unspecified atom stereocenters. The number of furan rings is 1. The van der Waals surface area contributed by atoms with Gasteiger partial charge < -0.3 is 19.2 Å². The fourth-order valence-corrected chi connectivity index (χ4v) is 2.99. The summed E-state index contributed by atoms with van der Waals surface area (Å²) >= 11 is 0. The van der Waals surface area contributed by atoms with Crippen molar-refractivity contribution in [1.29, 1.82) is 5.26 Å². The van der Waals surface area contributed by atoms with E-state index < -0.39 is 0 Å². The molecule has 1 N–H and O–H groups in total. The van der Waals surface area contributed by atoms with Crippen molar-refractivity contribution in [3.05, 3.63) is 48.2 Å². The normalized spacial score (nSPS) is 11.0. The number of imidazole rings is 1. The van der Waals surface area contributed by atoms with Gasteiger partial charge in [-0.15, -0.1) is 0 Å². The molecule has 0 aliphatic carbocycles. The van der Waals surface area contributed by atoms with Crippen molar-refractivity contribution in [3.8, 4) is 23.3 Å². The number of hydrogen-bond acceptors (Lipinski definition) is 6. The van der Waals surface area contributed by atoms with Crippen LogP contribution in [0.5, 0.6) is 5.75 Å². The van der Waals surface area contributed by atoms with Crippen LogP contribution in [0.3, 0.4) is 0 Å². The summed E-state index contributed by atoms with van der Waals surface area (Å²) in [4.78, 5) is 4.69. The zero-order chi connectivity index (χ0) is 18.8. The van der Waals surface area contributed by atoms with Gasteiger partial charge >= 0.3 is 0 Å². The van der Waals surface area contributed by atoms with E-state index in [0.717, 1.165) is 22.5 Å². The number of fused-ring (bicyclic) bond motifs is 2. The van der Waals surface area contributed by atoms with Crippen molar-refractivity contribution in [3.63, 3.8) is 0 Å². The summed E-state index contributed by atoms with van der Waals surface area (Å²) in [6.45, 7) is 1.17. The Labute approximate surface area is 155 Å². The van der Waals surface area contributed by atoms with Gasteiger partial charge in [0.2, 0.25) is 0 Å². The Morgan fingerprint density at radius 1 is 1.22 bits per heavy atom. The molecule has 1 aromatic carbocycles. The number of rotatable bonds is 6. The second kappa shape index (κ2) is 7.02. The van der Waals surface area contributed by atoms with E-state index in [0.29, 0.717) is 35.8 Å². The molecule has 0 amide bonds. The number of methoxy groups -OCH3 is 2. The van der Waals surface area contributed by atoms with E-state index >= 15 is 0 Å². The van der Waals surface area contributed by atoms with E-state index in [1.165, 1.54) is 0 Å². The molecular formula is C20H18N4O3. The predicted molar refractivity (Wildman–Crippen MR) is 102 cm³/mol. The van der Waals surface area contributed by atoms with Crippen LogP contribution in [-0.2, 0) is 4.74 Å². The molecule has 0 aliphatic heterocycles. The molecule has 7 nitrogen and oxygen atoms in total. The van der Waals surface area contributed by atoms with Crippen molar-refractivity contribution in [2.75, 3.05) is 32.7 Å². The van der Waals surface area contributed by atoms with Gasteiger partial charge in [0, 0.05) is 25.2 Å². The van der Waals surface area contributed by atoms with Crippen LogP contribution in [0, 0.1) is 11.3 Å². The van der Waals surface area contributed by atoms with Crippen LogP contribution < -0.4 is 10.1 Å². The lowest BCUT2D eigenvalue weighted by Gasteiger charge is -2.07. The van der Waals surface area contributed by atoms with Gasteiger partial charge in [-0.05, 0) is 36.4 Å². The van der Waals surface area contributed by atoms with Crippen LogP contribution in [-0.4, -0.2) is 36.8 Å². The van der Waals surface area contributed by atoms with Crippen molar-refractivity contribution in [1.82, 2.24) is 9.38 Å². The second-order valence-corrected chi connectivity index (χ2v) is 6.00. The zero-order valence-corrected chi connectivity index (χ0v) is 15.0. The standard InChI is InChI=1S/C20H18N4O3/c1-25-8-6-22-20-19(23-18-9-13(12-21)5-7-24(18)20)17-11-14-10-15(26-2)3-4-16(14)27-17/h3-5,7,9-11,22H,6,8H2,1-2H3. The minimum absolute atomic E-state index is 0.553. The lowest BCUT2D eigenvalue weighted by Crippen LogP contribution is -2.10. The molecule has 0 atom stereocenters. The molecule has 0 spiro atoms. The van der Waals surface area contributed by atoms with Crippen molar-refractivity contribution in [2.24, 2.45) is 0 Å². The number of anilines is 1. The van der Waals surface area contributed by atoms with E-state index in [1.807, 2.05) is 34.9 Å². The first-order valence-corrected chi connectivity index (χ1v) is 8.46. The Kier molecular flexibility index (Phi) is 4.40. The average molecular weight is 362 g/mol.